The molecule has 3 rings (SSSR count). The molecular formula is C20H18Cl2N2O2. The summed E-state index contributed by atoms with van der Waals surface area (Å²) in [6.07, 6.45) is 4.52. The van der Waals surface area contributed by atoms with E-state index in [-0.39, 0.29) is 11.8 Å². The van der Waals surface area contributed by atoms with Gasteiger partial charge < -0.3 is 10.2 Å². The molecule has 1 aliphatic rings. The Bertz CT molecular complexity index is 827. The zero-order valence-corrected chi connectivity index (χ0v) is 15.6. The normalized spacial score (nSPS) is 14.2. The molecule has 0 radical (unpaired) electrons. The highest BCUT2D eigenvalue weighted by molar-refractivity contribution is 6.37. The van der Waals surface area contributed by atoms with E-state index in [1.165, 1.54) is 6.08 Å². The lowest BCUT2D eigenvalue weighted by molar-refractivity contribution is -0.117. The molecule has 0 atom stereocenters. The van der Waals surface area contributed by atoms with E-state index in [9.17, 15) is 9.59 Å². The highest BCUT2D eigenvalue weighted by Gasteiger charge is 2.21. The summed E-state index contributed by atoms with van der Waals surface area (Å²) in [6.45, 7) is 1.16. The maximum Gasteiger partial charge on any atom is 0.244 e. The van der Waals surface area contributed by atoms with E-state index in [4.69, 9.17) is 23.2 Å². The fourth-order valence-corrected chi connectivity index (χ4v) is 3.32. The van der Waals surface area contributed by atoms with E-state index in [2.05, 4.69) is 5.32 Å². The molecule has 2 aromatic carbocycles. The maximum atomic E-state index is 12.0. The van der Waals surface area contributed by atoms with Gasteiger partial charge >= 0.3 is 0 Å². The molecule has 0 bridgehead atoms. The van der Waals surface area contributed by atoms with Crippen LogP contribution in [-0.4, -0.2) is 18.4 Å². The van der Waals surface area contributed by atoms with Crippen LogP contribution in [0.2, 0.25) is 10.0 Å². The average molecular weight is 389 g/mol. The van der Waals surface area contributed by atoms with Gasteiger partial charge in [-0.3, -0.25) is 9.59 Å². The lowest BCUT2D eigenvalue weighted by Crippen LogP contribution is -2.23. The van der Waals surface area contributed by atoms with Gasteiger partial charge in [-0.25, -0.2) is 0 Å². The van der Waals surface area contributed by atoms with Gasteiger partial charge in [-0.15, -0.1) is 0 Å². The smallest absolute Gasteiger partial charge is 0.244 e. The van der Waals surface area contributed by atoms with Crippen LogP contribution in [0.1, 0.15) is 24.0 Å². The van der Waals surface area contributed by atoms with Crippen molar-refractivity contribution in [2.75, 3.05) is 11.4 Å². The first-order valence-corrected chi connectivity index (χ1v) is 9.09. The predicted molar refractivity (Wildman–Crippen MR) is 105 cm³/mol. The molecular weight excluding hydrogens is 371 g/mol. The van der Waals surface area contributed by atoms with Gasteiger partial charge in [0.05, 0.1) is 0 Å². The Morgan fingerprint density at radius 2 is 1.81 bits per heavy atom. The molecule has 0 aliphatic carbocycles. The molecule has 1 saturated heterocycles. The van der Waals surface area contributed by atoms with Gasteiger partial charge in [0.1, 0.15) is 0 Å². The second-order valence-corrected chi connectivity index (χ2v) is 6.82. The Labute approximate surface area is 162 Å². The van der Waals surface area contributed by atoms with E-state index in [1.54, 1.807) is 29.2 Å². The van der Waals surface area contributed by atoms with Crippen molar-refractivity contribution in [1.82, 2.24) is 5.32 Å². The molecule has 26 heavy (non-hydrogen) atoms. The quantitative estimate of drug-likeness (QED) is 0.769. The van der Waals surface area contributed by atoms with Crippen LogP contribution in [0.25, 0.3) is 6.08 Å². The van der Waals surface area contributed by atoms with Crippen LogP contribution in [0, 0.1) is 0 Å². The molecule has 6 heteroatoms. The second kappa shape index (κ2) is 8.39. The monoisotopic (exact) mass is 388 g/mol. The van der Waals surface area contributed by atoms with Crippen LogP contribution < -0.4 is 10.2 Å². The molecule has 1 N–H and O–H groups in total. The highest BCUT2D eigenvalue weighted by atomic mass is 35.5. The number of hydrogen-bond donors (Lipinski definition) is 1. The number of anilines is 1. The molecule has 0 aromatic heterocycles. The summed E-state index contributed by atoms with van der Waals surface area (Å²) in [4.78, 5) is 25.5. The number of rotatable bonds is 5. The first-order chi connectivity index (χ1) is 12.5. The molecule has 0 saturated carbocycles. The van der Waals surface area contributed by atoms with E-state index < -0.39 is 0 Å². The maximum absolute atomic E-state index is 12.0. The molecule has 0 unspecified atom stereocenters. The van der Waals surface area contributed by atoms with Crippen molar-refractivity contribution in [3.8, 4) is 0 Å². The van der Waals surface area contributed by atoms with Crippen LogP contribution in [0.3, 0.4) is 0 Å². The van der Waals surface area contributed by atoms with E-state index >= 15 is 0 Å². The molecule has 4 nitrogen and oxygen atoms in total. The van der Waals surface area contributed by atoms with Crippen LogP contribution in [-0.2, 0) is 16.1 Å². The number of nitrogens with zero attached hydrogens (tertiary/aromatic N) is 1. The number of hydrogen-bond acceptors (Lipinski definition) is 2. The molecule has 1 fully saturated rings. The van der Waals surface area contributed by atoms with Crippen LogP contribution in [0.15, 0.2) is 48.5 Å². The molecule has 2 aromatic rings. The topological polar surface area (TPSA) is 49.4 Å². The van der Waals surface area contributed by atoms with Crippen molar-refractivity contribution >= 4 is 46.8 Å². The average Bonchev–Trinajstić information content (AvgIpc) is 3.06. The van der Waals surface area contributed by atoms with Gasteiger partial charge in [-0.1, -0.05) is 41.4 Å². The lowest BCUT2D eigenvalue weighted by atomic mass is 10.2. The SMILES string of the molecule is O=C(/C=C/c1c(Cl)cccc1Cl)NCc1ccc(N2CCCC2=O)cc1. The number of carbonyl (C=O) groups is 2. The molecule has 134 valence electrons. The molecule has 2 amide bonds. The zero-order chi connectivity index (χ0) is 18.5. The fraction of sp³-hybridized carbons (Fsp3) is 0.200. The Morgan fingerprint density at radius 3 is 2.42 bits per heavy atom. The number of amides is 2. The third kappa shape index (κ3) is 4.45. The van der Waals surface area contributed by atoms with Gasteiger partial charge in [0.15, 0.2) is 0 Å². The molecule has 1 aliphatic heterocycles. The summed E-state index contributed by atoms with van der Waals surface area (Å²) < 4.78 is 0. The van der Waals surface area contributed by atoms with Crippen molar-refractivity contribution in [2.45, 2.75) is 19.4 Å². The zero-order valence-electron chi connectivity index (χ0n) is 14.0. The minimum absolute atomic E-state index is 0.162. The number of carbonyl (C=O) groups excluding carboxylic acids is 2. The summed E-state index contributed by atoms with van der Waals surface area (Å²) in [6, 6.07) is 12.8. The largest absolute Gasteiger partial charge is 0.348 e. The minimum Gasteiger partial charge on any atom is -0.348 e. The van der Waals surface area contributed by atoms with Crippen molar-refractivity contribution in [3.05, 3.63) is 69.7 Å². The summed E-state index contributed by atoms with van der Waals surface area (Å²) in [5.41, 5.74) is 2.47. The molecule has 0 spiro atoms. The third-order valence-corrected chi connectivity index (χ3v) is 4.85. The first-order valence-electron chi connectivity index (χ1n) is 8.34. The standard InChI is InChI=1S/C20H18Cl2N2O2/c21-17-3-1-4-18(22)16(17)10-11-19(25)23-13-14-6-8-15(9-7-14)24-12-2-5-20(24)26/h1,3-4,6-11H,2,5,12-13H2,(H,23,25)/b11-10+. The van der Waals surface area contributed by atoms with Gasteiger partial charge in [0.25, 0.3) is 0 Å². The Hall–Kier alpha value is -2.30. The van der Waals surface area contributed by atoms with Gasteiger partial charge in [0.2, 0.25) is 11.8 Å². The third-order valence-electron chi connectivity index (χ3n) is 4.19. The van der Waals surface area contributed by atoms with E-state index in [0.717, 1.165) is 24.2 Å². The number of benzene rings is 2. The Morgan fingerprint density at radius 1 is 1.12 bits per heavy atom. The summed E-state index contributed by atoms with van der Waals surface area (Å²) in [5.74, 6) is -0.0748. The lowest BCUT2D eigenvalue weighted by Gasteiger charge is -2.15. The fourth-order valence-electron chi connectivity index (χ4n) is 2.79. The summed E-state index contributed by atoms with van der Waals surface area (Å²) in [7, 11) is 0. The number of halogens is 2. The highest BCUT2D eigenvalue weighted by Crippen LogP contribution is 2.25. The Balaban J connectivity index is 1.56. The van der Waals surface area contributed by atoms with Crippen LogP contribution in [0.4, 0.5) is 5.69 Å². The predicted octanol–water partition coefficient (Wildman–Crippen LogP) is 4.45. The minimum atomic E-state index is -0.236. The van der Waals surface area contributed by atoms with Gasteiger partial charge in [-0.05, 0) is 42.3 Å². The first kappa shape index (κ1) is 18.5. The van der Waals surface area contributed by atoms with Crippen molar-refractivity contribution in [2.24, 2.45) is 0 Å². The Kier molecular flexibility index (Phi) is 5.96. The van der Waals surface area contributed by atoms with E-state index in [1.807, 2.05) is 24.3 Å². The summed E-state index contributed by atoms with van der Waals surface area (Å²) >= 11 is 12.1. The van der Waals surface area contributed by atoms with Crippen LogP contribution in [0.5, 0.6) is 0 Å². The molecule has 1 heterocycles. The van der Waals surface area contributed by atoms with Gasteiger partial charge in [-0.2, -0.15) is 0 Å². The summed E-state index contributed by atoms with van der Waals surface area (Å²) in [5, 5.41) is 3.80. The van der Waals surface area contributed by atoms with E-state index in [0.29, 0.717) is 28.6 Å². The number of nitrogens with one attached hydrogen (secondary N) is 1. The van der Waals surface area contributed by atoms with Crippen molar-refractivity contribution < 1.29 is 9.59 Å². The second-order valence-electron chi connectivity index (χ2n) is 6.00. The van der Waals surface area contributed by atoms with Crippen molar-refractivity contribution in [3.63, 3.8) is 0 Å². The van der Waals surface area contributed by atoms with Crippen LogP contribution >= 0.6 is 23.2 Å². The van der Waals surface area contributed by atoms with Gasteiger partial charge in [0, 0.05) is 46.9 Å². The van der Waals surface area contributed by atoms with Crippen molar-refractivity contribution in [1.29, 1.82) is 0 Å².